The predicted molar refractivity (Wildman–Crippen MR) is 132 cm³/mol. The van der Waals surface area contributed by atoms with E-state index in [0.717, 1.165) is 19.3 Å². The maximum Gasteiger partial charge on any atom is 0.100 e. The summed E-state index contributed by atoms with van der Waals surface area (Å²) in [7, 11) is 0. The lowest BCUT2D eigenvalue weighted by atomic mass is 9.61. The topological polar surface area (TPSA) is 79.2 Å². The van der Waals surface area contributed by atoms with Crippen molar-refractivity contribution in [2.45, 2.75) is 97.4 Å². The Hall–Kier alpha value is -1.14. The number of fused-ring (bicyclic) bond motifs is 3. The molecule has 0 aromatic rings. The molecule has 0 bridgehead atoms. The van der Waals surface area contributed by atoms with Crippen LogP contribution in [0.4, 0.5) is 0 Å². The third kappa shape index (κ3) is 6.30. The van der Waals surface area contributed by atoms with Crippen LogP contribution in [-0.4, -0.2) is 52.9 Å². The Balaban J connectivity index is 1.74. The summed E-state index contributed by atoms with van der Waals surface area (Å²) in [5.74, 6) is 1.04. The fraction of sp³-hybridized carbons (Fsp3) is 0.786. The lowest BCUT2D eigenvalue weighted by Gasteiger charge is -2.53. The van der Waals surface area contributed by atoms with Crippen LogP contribution >= 0.6 is 0 Å². The van der Waals surface area contributed by atoms with Gasteiger partial charge in [0.05, 0.1) is 37.3 Å². The number of hydrogen-bond acceptors (Lipinski definition) is 5. The highest BCUT2D eigenvalue weighted by Gasteiger charge is 2.52. The van der Waals surface area contributed by atoms with Crippen LogP contribution in [0.3, 0.4) is 0 Å². The van der Waals surface area contributed by atoms with Crippen LogP contribution < -0.4 is 0 Å². The van der Waals surface area contributed by atoms with Gasteiger partial charge in [0.25, 0.3) is 0 Å². The molecule has 3 N–H and O–H groups in total. The highest BCUT2D eigenvalue weighted by Crippen LogP contribution is 2.53. The summed E-state index contributed by atoms with van der Waals surface area (Å²) in [4.78, 5) is 0. The quantitative estimate of drug-likeness (QED) is 0.280. The highest BCUT2D eigenvalue weighted by molar-refractivity contribution is 5.36. The van der Waals surface area contributed by atoms with Crippen molar-refractivity contribution in [1.29, 1.82) is 0 Å². The molecule has 0 aromatic carbocycles. The number of rotatable bonds is 11. The summed E-state index contributed by atoms with van der Waals surface area (Å²) in [6.07, 6.45) is 13.4. The van der Waals surface area contributed by atoms with Crippen molar-refractivity contribution >= 4 is 0 Å². The Labute approximate surface area is 200 Å². The van der Waals surface area contributed by atoms with Gasteiger partial charge in [-0.25, -0.2) is 0 Å². The average molecular weight is 463 g/mol. The molecule has 1 heterocycles. The Morgan fingerprint density at radius 3 is 2.70 bits per heavy atom. The summed E-state index contributed by atoms with van der Waals surface area (Å²) in [5, 5.41) is 29.8. The number of aliphatic hydroxyl groups excluding tert-OH is 3. The van der Waals surface area contributed by atoms with Gasteiger partial charge in [0.1, 0.15) is 6.10 Å². The minimum atomic E-state index is -0.840. The van der Waals surface area contributed by atoms with Crippen molar-refractivity contribution in [1.82, 2.24) is 0 Å². The minimum Gasteiger partial charge on any atom is -0.512 e. The minimum absolute atomic E-state index is 0.00997. The van der Waals surface area contributed by atoms with Crippen LogP contribution in [-0.2, 0) is 9.47 Å². The molecule has 3 rings (SSSR count). The Kier molecular flexibility index (Phi) is 8.88. The van der Waals surface area contributed by atoms with Crippen LogP contribution in [0.2, 0.25) is 0 Å². The summed E-state index contributed by atoms with van der Waals surface area (Å²) in [6.45, 7) is 11.5. The van der Waals surface area contributed by atoms with E-state index in [0.29, 0.717) is 18.3 Å². The molecule has 1 fully saturated rings. The zero-order chi connectivity index (χ0) is 24.2. The summed E-state index contributed by atoms with van der Waals surface area (Å²) < 4.78 is 12.3. The Morgan fingerprint density at radius 2 is 2.00 bits per heavy atom. The molecule has 0 amide bonds. The highest BCUT2D eigenvalue weighted by atomic mass is 16.5. The van der Waals surface area contributed by atoms with E-state index in [9.17, 15) is 10.2 Å². The molecular weight excluding hydrogens is 416 g/mol. The number of ether oxygens (including phenoxy) is 2. The summed E-state index contributed by atoms with van der Waals surface area (Å²) in [5.41, 5.74) is 2.14. The molecule has 0 radical (unpaired) electrons. The fourth-order valence-corrected chi connectivity index (χ4v) is 5.99. The smallest absolute Gasteiger partial charge is 0.100 e. The lowest BCUT2D eigenvalue weighted by Crippen LogP contribution is -2.54. The van der Waals surface area contributed by atoms with E-state index in [-0.39, 0.29) is 42.2 Å². The second kappa shape index (κ2) is 11.1. The van der Waals surface area contributed by atoms with Crippen molar-refractivity contribution in [2.75, 3.05) is 19.8 Å². The molecule has 1 aliphatic heterocycles. The van der Waals surface area contributed by atoms with Crippen LogP contribution in [0.1, 0.15) is 79.6 Å². The zero-order valence-electron chi connectivity index (χ0n) is 21.3. The second-order valence-corrected chi connectivity index (χ2v) is 11.5. The maximum atomic E-state index is 11.3. The van der Waals surface area contributed by atoms with Gasteiger partial charge in [-0.3, -0.25) is 0 Å². The molecule has 2 aliphatic carbocycles. The molecule has 188 valence electrons. The fourth-order valence-electron chi connectivity index (χ4n) is 5.99. The lowest BCUT2D eigenvalue weighted by molar-refractivity contribution is -0.178. The van der Waals surface area contributed by atoms with E-state index >= 15 is 0 Å². The van der Waals surface area contributed by atoms with E-state index in [4.69, 9.17) is 14.6 Å². The molecule has 1 saturated heterocycles. The van der Waals surface area contributed by atoms with Crippen molar-refractivity contribution in [2.24, 2.45) is 23.2 Å². The summed E-state index contributed by atoms with van der Waals surface area (Å²) in [6, 6.07) is 0. The normalized spacial score (nSPS) is 30.0. The third-order valence-corrected chi connectivity index (χ3v) is 8.06. The maximum absolute atomic E-state index is 11.3. The van der Waals surface area contributed by atoms with E-state index < -0.39 is 6.10 Å². The second-order valence-electron chi connectivity index (χ2n) is 11.5. The standard InChI is InChI=1S/C28H46O5/c1-6-7-8-9-12-27(2,3)20-14-24(31)26-22-13-19(17-32-18-21(30)16-29)10-11-23(22)28(4,5)33-25(26)15-20/h10,14-15,21-23,25-26,29-31H,6-9,11-13,16-18H2,1-5H3/t21?,22-,23-,25?,26?/m0/s1. The Bertz CT molecular complexity index is 747. The van der Waals surface area contributed by atoms with Gasteiger partial charge in [-0.1, -0.05) is 58.6 Å². The van der Waals surface area contributed by atoms with Gasteiger partial charge in [0.2, 0.25) is 0 Å². The van der Waals surface area contributed by atoms with Gasteiger partial charge in [0, 0.05) is 5.92 Å². The first-order valence-corrected chi connectivity index (χ1v) is 12.9. The molecule has 3 aliphatic rings. The average Bonchev–Trinajstić information content (AvgIpc) is 2.75. The van der Waals surface area contributed by atoms with Crippen molar-refractivity contribution < 1.29 is 24.8 Å². The molecule has 5 heteroatoms. The Morgan fingerprint density at radius 1 is 1.24 bits per heavy atom. The number of unbranched alkanes of at least 4 members (excludes halogenated alkanes) is 3. The largest absolute Gasteiger partial charge is 0.512 e. The van der Waals surface area contributed by atoms with Crippen molar-refractivity contribution in [3.63, 3.8) is 0 Å². The molecular formula is C28H46O5. The van der Waals surface area contributed by atoms with Gasteiger partial charge >= 0.3 is 0 Å². The zero-order valence-corrected chi connectivity index (χ0v) is 21.3. The van der Waals surface area contributed by atoms with Crippen molar-refractivity contribution in [3.05, 3.63) is 35.1 Å². The monoisotopic (exact) mass is 462 g/mol. The predicted octanol–water partition coefficient (Wildman–Crippen LogP) is 5.48. The molecule has 5 atom stereocenters. The van der Waals surface area contributed by atoms with Crippen LogP contribution in [0.15, 0.2) is 35.1 Å². The van der Waals surface area contributed by atoms with Crippen LogP contribution in [0, 0.1) is 23.2 Å². The molecule has 5 nitrogen and oxygen atoms in total. The number of aliphatic hydroxyl groups is 3. The van der Waals surface area contributed by atoms with Crippen LogP contribution in [0.25, 0.3) is 0 Å². The molecule has 0 spiro atoms. The first-order chi connectivity index (χ1) is 15.6. The molecule has 0 saturated carbocycles. The van der Waals surface area contributed by atoms with Gasteiger partial charge in [-0.2, -0.15) is 0 Å². The third-order valence-electron chi connectivity index (χ3n) is 8.06. The van der Waals surface area contributed by atoms with Gasteiger partial charge in [-0.05, 0) is 67.6 Å². The van der Waals surface area contributed by atoms with E-state index in [1.54, 1.807) is 0 Å². The van der Waals surface area contributed by atoms with Gasteiger partial charge in [-0.15, -0.1) is 0 Å². The molecule has 3 unspecified atom stereocenters. The van der Waals surface area contributed by atoms with Gasteiger partial charge < -0.3 is 24.8 Å². The van der Waals surface area contributed by atoms with E-state index in [1.165, 1.54) is 36.8 Å². The van der Waals surface area contributed by atoms with Gasteiger partial charge in [0.15, 0.2) is 0 Å². The number of hydrogen-bond donors (Lipinski definition) is 3. The molecule has 33 heavy (non-hydrogen) atoms. The molecule has 0 aromatic heterocycles. The van der Waals surface area contributed by atoms with E-state index in [2.05, 4.69) is 46.8 Å². The van der Waals surface area contributed by atoms with Crippen molar-refractivity contribution in [3.8, 4) is 0 Å². The first kappa shape index (κ1) is 26.5. The SMILES string of the molecule is CCCCCCC(C)(C)C1=CC2OC(C)(C)[C@H]3CC=C(COCC(O)CO)C[C@@H]3C2C(O)=C1. The van der Waals surface area contributed by atoms with Crippen LogP contribution in [0.5, 0.6) is 0 Å². The van der Waals surface area contributed by atoms with E-state index in [1.807, 2.05) is 6.08 Å². The first-order valence-electron chi connectivity index (χ1n) is 12.9. The summed E-state index contributed by atoms with van der Waals surface area (Å²) >= 11 is 0. The number of allylic oxidation sites excluding steroid dienone is 3.